The fourth-order valence-electron chi connectivity index (χ4n) is 3.16. The number of hydrogen-bond donors (Lipinski definition) is 2. The fourth-order valence-corrected chi connectivity index (χ4v) is 4.02. The summed E-state index contributed by atoms with van der Waals surface area (Å²) in [6.45, 7) is 1.00. The van der Waals surface area contributed by atoms with Crippen molar-refractivity contribution in [1.82, 2.24) is 24.6 Å². The zero-order valence-corrected chi connectivity index (χ0v) is 16.7. The van der Waals surface area contributed by atoms with Crippen LogP contribution in [0.4, 0.5) is 0 Å². The summed E-state index contributed by atoms with van der Waals surface area (Å²) < 4.78 is 1.75. The molecule has 1 amide bonds. The summed E-state index contributed by atoms with van der Waals surface area (Å²) in [6, 6.07) is 9.40. The van der Waals surface area contributed by atoms with E-state index in [-0.39, 0.29) is 34.5 Å². The molecule has 0 unspecified atom stereocenters. The quantitative estimate of drug-likeness (QED) is 0.336. The molecule has 1 fully saturated rings. The maximum absolute atomic E-state index is 12.5. The van der Waals surface area contributed by atoms with E-state index < -0.39 is 0 Å². The zero-order valence-electron chi connectivity index (χ0n) is 15.9. The summed E-state index contributed by atoms with van der Waals surface area (Å²) in [4.78, 5) is 30.6. The Hall–Kier alpha value is -3.40. The second-order valence-electron chi connectivity index (χ2n) is 6.76. The average Bonchev–Trinajstić information content (AvgIpc) is 3.35. The van der Waals surface area contributed by atoms with Crippen LogP contribution in [0.25, 0.3) is 5.82 Å². The topological polar surface area (TPSA) is 121 Å². The number of amides is 1. The van der Waals surface area contributed by atoms with Gasteiger partial charge in [-0.15, -0.1) is 10.2 Å². The van der Waals surface area contributed by atoms with Gasteiger partial charge in [0.05, 0.1) is 12.3 Å². The molecular formula is C20H19N5O4S. The Kier molecular flexibility index (Phi) is 5.66. The van der Waals surface area contributed by atoms with Crippen molar-refractivity contribution in [3.63, 3.8) is 0 Å². The van der Waals surface area contributed by atoms with Crippen LogP contribution in [-0.4, -0.2) is 58.8 Å². The van der Waals surface area contributed by atoms with Gasteiger partial charge < -0.3 is 15.1 Å². The molecule has 2 N–H and O–H groups in total. The SMILES string of the molecule is O=C(CSc1nnc(CN2CCCC2=O)n1-c1ccccn1)c1ccc(O)c(O)c1. The lowest BCUT2D eigenvalue weighted by Gasteiger charge is -2.16. The zero-order chi connectivity index (χ0) is 21.1. The minimum absolute atomic E-state index is 0.0534. The van der Waals surface area contributed by atoms with Crippen LogP contribution in [0.5, 0.6) is 11.5 Å². The van der Waals surface area contributed by atoms with Gasteiger partial charge in [-0.05, 0) is 36.8 Å². The Morgan fingerprint density at radius 2 is 2.00 bits per heavy atom. The van der Waals surface area contributed by atoms with Gasteiger partial charge in [0.15, 0.2) is 28.3 Å². The minimum atomic E-state index is -0.347. The number of carbonyl (C=O) groups is 2. The highest BCUT2D eigenvalue weighted by Crippen LogP contribution is 2.27. The number of nitrogens with zero attached hydrogens (tertiary/aromatic N) is 5. The van der Waals surface area contributed by atoms with Crippen LogP contribution in [0.1, 0.15) is 29.0 Å². The van der Waals surface area contributed by atoms with Crippen molar-refractivity contribution in [2.45, 2.75) is 24.5 Å². The highest BCUT2D eigenvalue weighted by molar-refractivity contribution is 7.99. The van der Waals surface area contributed by atoms with E-state index in [1.807, 2.05) is 12.1 Å². The average molecular weight is 425 g/mol. The number of aromatic hydroxyl groups is 2. The lowest BCUT2D eigenvalue weighted by molar-refractivity contribution is -0.128. The van der Waals surface area contributed by atoms with E-state index in [9.17, 15) is 19.8 Å². The Labute approximate surface area is 176 Å². The number of phenols is 2. The third kappa shape index (κ3) is 4.13. The molecule has 0 saturated carbocycles. The number of thioether (sulfide) groups is 1. The van der Waals surface area contributed by atoms with E-state index in [1.165, 1.54) is 30.0 Å². The van der Waals surface area contributed by atoms with Crippen molar-refractivity contribution in [3.8, 4) is 17.3 Å². The van der Waals surface area contributed by atoms with Crippen LogP contribution >= 0.6 is 11.8 Å². The van der Waals surface area contributed by atoms with Crippen molar-refractivity contribution in [2.75, 3.05) is 12.3 Å². The van der Waals surface area contributed by atoms with Gasteiger partial charge in [-0.1, -0.05) is 17.8 Å². The van der Waals surface area contributed by atoms with Crippen LogP contribution in [0.15, 0.2) is 47.8 Å². The highest BCUT2D eigenvalue weighted by atomic mass is 32.2. The second-order valence-corrected chi connectivity index (χ2v) is 7.70. The Bertz CT molecular complexity index is 1090. The summed E-state index contributed by atoms with van der Waals surface area (Å²) in [5.74, 6) is 0.444. The molecule has 1 saturated heterocycles. The van der Waals surface area contributed by atoms with Gasteiger partial charge in [0.25, 0.3) is 0 Å². The summed E-state index contributed by atoms with van der Waals surface area (Å²) in [7, 11) is 0. The summed E-state index contributed by atoms with van der Waals surface area (Å²) in [6.07, 6.45) is 3.01. The van der Waals surface area contributed by atoms with E-state index in [4.69, 9.17) is 0 Å². The fraction of sp³-hybridized carbons (Fsp3) is 0.250. The van der Waals surface area contributed by atoms with Crippen LogP contribution in [0.3, 0.4) is 0 Å². The minimum Gasteiger partial charge on any atom is -0.504 e. The van der Waals surface area contributed by atoms with Gasteiger partial charge in [-0.3, -0.25) is 14.2 Å². The molecule has 3 heterocycles. The van der Waals surface area contributed by atoms with E-state index in [1.54, 1.807) is 21.7 Å². The molecular weight excluding hydrogens is 406 g/mol. The van der Waals surface area contributed by atoms with Gasteiger partial charge >= 0.3 is 0 Å². The van der Waals surface area contributed by atoms with Gasteiger partial charge in [-0.2, -0.15) is 0 Å². The number of phenolic OH excluding ortho intramolecular Hbond substituents is 2. The number of Topliss-reactive ketones (excluding diaryl/α,β-unsaturated/α-hetero) is 1. The van der Waals surface area contributed by atoms with E-state index >= 15 is 0 Å². The first-order valence-corrected chi connectivity index (χ1v) is 10.3. The van der Waals surface area contributed by atoms with Crippen LogP contribution < -0.4 is 0 Å². The molecule has 1 aromatic carbocycles. The Balaban J connectivity index is 1.57. The molecule has 154 valence electrons. The van der Waals surface area contributed by atoms with Crippen molar-refractivity contribution in [3.05, 3.63) is 54.0 Å². The van der Waals surface area contributed by atoms with E-state index in [2.05, 4.69) is 15.2 Å². The summed E-state index contributed by atoms with van der Waals surface area (Å²) >= 11 is 1.19. The number of ketones is 1. The van der Waals surface area contributed by atoms with Crippen LogP contribution in [0.2, 0.25) is 0 Å². The molecule has 10 heteroatoms. The number of rotatable bonds is 7. The predicted octanol–water partition coefficient (Wildman–Crippen LogP) is 2.17. The first kappa shape index (κ1) is 19.9. The molecule has 0 spiro atoms. The first-order chi connectivity index (χ1) is 14.5. The van der Waals surface area contributed by atoms with Crippen molar-refractivity contribution < 1.29 is 19.8 Å². The molecule has 0 bridgehead atoms. The van der Waals surface area contributed by atoms with Gasteiger partial charge in [0.2, 0.25) is 5.91 Å². The third-order valence-corrected chi connectivity index (χ3v) is 5.64. The Morgan fingerprint density at radius 1 is 1.13 bits per heavy atom. The molecule has 3 aromatic rings. The largest absolute Gasteiger partial charge is 0.504 e. The summed E-state index contributed by atoms with van der Waals surface area (Å²) in [5, 5.41) is 28.0. The smallest absolute Gasteiger partial charge is 0.223 e. The van der Waals surface area contributed by atoms with Gasteiger partial charge in [0, 0.05) is 24.7 Å². The Morgan fingerprint density at radius 3 is 2.70 bits per heavy atom. The third-order valence-electron chi connectivity index (χ3n) is 4.71. The van der Waals surface area contributed by atoms with Gasteiger partial charge in [-0.25, -0.2) is 4.98 Å². The van der Waals surface area contributed by atoms with Crippen molar-refractivity contribution in [2.24, 2.45) is 0 Å². The normalized spacial score (nSPS) is 13.7. The number of pyridine rings is 1. The molecule has 1 aliphatic heterocycles. The number of hydrogen-bond acceptors (Lipinski definition) is 8. The molecule has 0 aliphatic carbocycles. The second kappa shape index (κ2) is 8.54. The molecule has 4 rings (SSSR count). The van der Waals surface area contributed by atoms with E-state index in [0.717, 1.165) is 6.42 Å². The molecule has 30 heavy (non-hydrogen) atoms. The maximum Gasteiger partial charge on any atom is 0.223 e. The number of aromatic nitrogens is 4. The standard InChI is InChI=1S/C20H19N5O4S/c26-14-7-6-13(10-15(14)27)16(28)12-30-20-23-22-18(11-24-9-3-5-19(24)29)25(20)17-4-1-2-8-21-17/h1-2,4,6-8,10,26-27H,3,5,9,11-12H2. The van der Waals surface area contributed by atoms with Crippen LogP contribution in [0, 0.1) is 0 Å². The lowest BCUT2D eigenvalue weighted by Crippen LogP contribution is -2.25. The highest BCUT2D eigenvalue weighted by Gasteiger charge is 2.24. The van der Waals surface area contributed by atoms with Gasteiger partial charge in [0.1, 0.15) is 5.82 Å². The molecule has 0 radical (unpaired) electrons. The van der Waals surface area contributed by atoms with Crippen LogP contribution in [-0.2, 0) is 11.3 Å². The molecule has 9 nitrogen and oxygen atoms in total. The van der Waals surface area contributed by atoms with E-state index in [0.29, 0.717) is 36.3 Å². The number of benzene rings is 1. The molecule has 2 aromatic heterocycles. The summed E-state index contributed by atoms with van der Waals surface area (Å²) in [5.41, 5.74) is 0.282. The molecule has 1 aliphatic rings. The lowest BCUT2D eigenvalue weighted by atomic mass is 10.1. The monoisotopic (exact) mass is 425 g/mol. The first-order valence-electron chi connectivity index (χ1n) is 9.34. The van der Waals surface area contributed by atoms with Crippen molar-refractivity contribution >= 4 is 23.5 Å². The predicted molar refractivity (Wildman–Crippen MR) is 109 cm³/mol. The van der Waals surface area contributed by atoms with Crippen molar-refractivity contribution in [1.29, 1.82) is 0 Å². The molecule has 0 atom stereocenters. The number of carbonyl (C=O) groups excluding carboxylic acids is 2. The number of likely N-dealkylation sites (tertiary alicyclic amines) is 1. The maximum atomic E-state index is 12.5.